The minimum absolute atomic E-state index is 0.00713. The van der Waals surface area contributed by atoms with Crippen molar-refractivity contribution in [3.8, 4) is 0 Å². The van der Waals surface area contributed by atoms with E-state index in [0.29, 0.717) is 5.70 Å². The van der Waals surface area contributed by atoms with Crippen LogP contribution in [0.3, 0.4) is 0 Å². The highest BCUT2D eigenvalue weighted by Gasteiger charge is 2.30. The van der Waals surface area contributed by atoms with E-state index in [4.69, 9.17) is 0 Å². The van der Waals surface area contributed by atoms with Crippen LogP contribution in [0.15, 0.2) is 71.7 Å². The van der Waals surface area contributed by atoms with Gasteiger partial charge in [-0.25, -0.2) is 4.79 Å². The number of carboxylic acids is 1. The molecule has 3 heteroatoms. The van der Waals surface area contributed by atoms with E-state index >= 15 is 0 Å². The zero-order valence-corrected chi connectivity index (χ0v) is 9.08. The Morgan fingerprint density at radius 2 is 2.00 bits per heavy atom. The fourth-order valence-corrected chi connectivity index (χ4v) is 2.27. The molecule has 0 amide bonds. The van der Waals surface area contributed by atoms with E-state index in [1.54, 1.807) is 12.2 Å². The maximum atomic E-state index is 11.3. The van der Waals surface area contributed by atoms with Crippen molar-refractivity contribution in [2.45, 2.75) is 6.04 Å². The Kier molecular flexibility index (Phi) is 2.11. The van der Waals surface area contributed by atoms with Gasteiger partial charge in [-0.3, -0.25) is 0 Å². The molecule has 3 nitrogen and oxygen atoms in total. The molecule has 3 aliphatic rings. The van der Waals surface area contributed by atoms with Crippen LogP contribution in [0.2, 0.25) is 0 Å². The molecule has 0 aromatic heterocycles. The first-order valence-electron chi connectivity index (χ1n) is 5.45. The van der Waals surface area contributed by atoms with Gasteiger partial charge in [0.15, 0.2) is 0 Å². The van der Waals surface area contributed by atoms with Gasteiger partial charge in [-0.2, -0.15) is 0 Å². The Balaban J connectivity index is 2.10. The summed E-state index contributed by atoms with van der Waals surface area (Å²) >= 11 is 0. The monoisotopic (exact) mass is 225 g/mol. The molecule has 2 aliphatic heterocycles. The molecule has 1 aliphatic carbocycles. The molecule has 0 spiro atoms. The average molecular weight is 225 g/mol. The number of hydrogen-bond donors (Lipinski definition) is 1. The zero-order chi connectivity index (χ0) is 11.8. The lowest BCUT2D eigenvalue weighted by Crippen LogP contribution is -2.39. The summed E-state index contributed by atoms with van der Waals surface area (Å²) in [7, 11) is 0. The predicted molar refractivity (Wildman–Crippen MR) is 64.9 cm³/mol. The van der Waals surface area contributed by atoms with Gasteiger partial charge < -0.3 is 10.0 Å². The number of aliphatic carboxylic acids is 1. The summed E-state index contributed by atoms with van der Waals surface area (Å²) in [6.45, 7) is 0. The van der Waals surface area contributed by atoms with Gasteiger partial charge in [0.05, 0.1) is 6.04 Å². The van der Waals surface area contributed by atoms with Gasteiger partial charge in [-0.15, -0.1) is 0 Å². The van der Waals surface area contributed by atoms with Crippen LogP contribution < -0.4 is 0 Å². The molecule has 17 heavy (non-hydrogen) atoms. The fourth-order valence-electron chi connectivity index (χ4n) is 2.27. The standard InChI is InChI=1S/C14H11NO2/c16-14(17)13-7-3-5-11-9-8-10-4-1-2-6-12(10)15(11)13/h1-9,12H,(H,16,17). The molecular formula is C14H11NO2. The molecule has 0 aromatic carbocycles. The second-order valence-corrected chi connectivity index (χ2v) is 4.03. The van der Waals surface area contributed by atoms with Crippen molar-refractivity contribution >= 4 is 5.97 Å². The lowest BCUT2D eigenvalue weighted by Gasteiger charge is -2.38. The second kappa shape index (κ2) is 3.63. The third-order valence-electron chi connectivity index (χ3n) is 3.04. The second-order valence-electron chi connectivity index (χ2n) is 4.03. The summed E-state index contributed by atoms with van der Waals surface area (Å²) in [5.74, 6) is -0.899. The molecule has 0 fully saturated rings. The lowest BCUT2D eigenvalue weighted by molar-refractivity contribution is -0.134. The van der Waals surface area contributed by atoms with Gasteiger partial charge in [-0.05, 0) is 23.8 Å². The van der Waals surface area contributed by atoms with Gasteiger partial charge in [0, 0.05) is 5.70 Å². The van der Waals surface area contributed by atoms with Crippen LogP contribution in [-0.2, 0) is 4.79 Å². The summed E-state index contributed by atoms with van der Waals surface area (Å²) in [6, 6.07) is -0.00713. The van der Waals surface area contributed by atoms with E-state index in [2.05, 4.69) is 0 Å². The first-order chi connectivity index (χ1) is 8.27. The molecule has 0 saturated heterocycles. The third-order valence-corrected chi connectivity index (χ3v) is 3.04. The van der Waals surface area contributed by atoms with Crippen molar-refractivity contribution in [1.82, 2.24) is 4.90 Å². The van der Waals surface area contributed by atoms with Crippen molar-refractivity contribution in [1.29, 1.82) is 0 Å². The highest BCUT2D eigenvalue weighted by atomic mass is 16.4. The fraction of sp³-hybridized carbons (Fsp3) is 0.0714. The minimum Gasteiger partial charge on any atom is -0.477 e. The molecule has 0 bridgehead atoms. The van der Waals surface area contributed by atoms with Gasteiger partial charge >= 0.3 is 5.97 Å². The van der Waals surface area contributed by atoms with Crippen LogP contribution >= 0.6 is 0 Å². The van der Waals surface area contributed by atoms with E-state index < -0.39 is 5.97 Å². The van der Waals surface area contributed by atoms with Crippen molar-refractivity contribution in [2.75, 3.05) is 0 Å². The molecule has 1 unspecified atom stereocenters. The molecular weight excluding hydrogens is 214 g/mol. The Morgan fingerprint density at radius 3 is 2.82 bits per heavy atom. The van der Waals surface area contributed by atoms with Gasteiger partial charge in [0.2, 0.25) is 0 Å². The molecule has 2 heterocycles. The molecule has 84 valence electrons. The summed E-state index contributed by atoms with van der Waals surface area (Å²) in [5, 5.41) is 9.23. The number of carboxylic acid groups (broad SMARTS) is 1. The van der Waals surface area contributed by atoms with Crippen LogP contribution in [0.1, 0.15) is 0 Å². The summed E-state index contributed by atoms with van der Waals surface area (Å²) in [5.41, 5.74) is 2.34. The highest BCUT2D eigenvalue weighted by Crippen LogP contribution is 2.32. The number of fused-ring (bicyclic) bond motifs is 3. The Morgan fingerprint density at radius 1 is 1.12 bits per heavy atom. The topological polar surface area (TPSA) is 40.5 Å². The van der Waals surface area contributed by atoms with Crippen molar-refractivity contribution in [3.63, 3.8) is 0 Å². The SMILES string of the molecule is O=C(O)C1=CC=CC2=CC=C3C=CC=CC3N21. The molecule has 1 N–H and O–H groups in total. The Bertz CT molecular complexity index is 559. The summed E-state index contributed by atoms with van der Waals surface area (Å²) in [6.07, 6.45) is 17.2. The Hall–Kier alpha value is -2.29. The lowest BCUT2D eigenvalue weighted by atomic mass is 9.94. The highest BCUT2D eigenvalue weighted by molar-refractivity contribution is 5.88. The number of hydrogen-bond acceptors (Lipinski definition) is 2. The number of allylic oxidation sites excluding steroid dienone is 7. The molecule has 0 saturated carbocycles. The predicted octanol–water partition coefficient (Wildman–Crippen LogP) is 2.15. The third kappa shape index (κ3) is 1.47. The van der Waals surface area contributed by atoms with E-state index in [1.165, 1.54) is 0 Å². The van der Waals surface area contributed by atoms with E-state index in [9.17, 15) is 9.90 Å². The van der Waals surface area contributed by atoms with Crippen molar-refractivity contribution in [3.05, 3.63) is 71.7 Å². The molecule has 0 aromatic rings. The van der Waals surface area contributed by atoms with E-state index in [-0.39, 0.29) is 6.04 Å². The van der Waals surface area contributed by atoms with E-state index in [1.807, 2.05) is 47.4 Å². The first-order valence-corrected chi connectivity index (χ1v) is 5.45. The van der Waals surface area contributed by atoms with Gasteiger partial charge in [-0.1, -0.05) is 36.5 Å². The summed E-state index contributed by atoms with van der Waals surface area (Å²) in [4.78, 5) is 13.1. The van der Waals surface area contributed by atoms with Gasteiger partial charge in [0.1, 0.15) is 5.70 Å². The van der Waals surface area contributed by atoms with E-state index in [0.717, 1.165) is 11.3 Å². The van der Waals surface area contributed by atoms with Crippen molar-refractivity contribution < 1.29 is 9.90 Å². The largest absolute Gasteiger partial charge is 0.477 e. The number of rotatable bonds is 1. The van der Waals surface area contributed by atoms with Crippen LogP contribution in [-0.4, -0.2) is 22.0 Å². The minimum atomic E-state index is -0.899. The van der Waals surface area contributed by atoms with Crippen LogP contribution in [0.25, 0.3) is 0 Å². The average Bonchev–Trinajstić information content (AvgIpc) is 2.37. The zero-order valence-electron chi connectivity index (χ0n) is 9.08. The van der Waals surface area contributed by atoms with Crippen LogP contribution in [0.5, 0.6) is 0 Å². The summed E-state index contributed by atoms with van der Waals surface area (Å²) < 4.78 is 0. The number of carbonyl (C=O) groups is 1. The smallest absolute Gasteiger partial charge is 0.352 e. The first kappa shape index (κ1) is 9.90. The molecule has 1 atom stereocenters. The quantitative estimate of drug-likeness (QED) is 0.743. The van der Waals surface area contributed by atoms with Crippen molar-refractivity contribution in [2.24, 2.45) is 0 Å². The maximum absolute atomic E-state index is 11.3. The number of nitrogens with zero attached hydrogens (tertiary/aromatic N) is 1. The Labute approximate surface area is 99.0 Å². The van der Waals surface area contributed by atoms with Crippen LogP contribution in [0.4, 0.5) is 0 Å². The normalized spacial score (nSPS) is 24.6. The van der Waals surface area contributed by atoms with Crippen LogP contribution in [0, 0.1) is 0 Å². The van der Waals surface area contributed by atoms with Gasteiger partial charge in [0.25, 0.3) is 0 Å². The molecule has 3 rings (SSSR count). The maximum Gasteiger partial charge on any atom is 0.352 e. The molecule has 0 radical (unpaired) electrons.